The van der Waals surface area contributed by atoms with E-state index in [4.69, 9.17) is 4.74 Å². The minimum absolute atomic E-state index is 0.0158. The van der Waals surface area contributed by atoms with Crippen LogP contribution < -0.4 is 4.74 Å². The lowest BCUT2D eigenvalue weighted by molar-refractivity contribution is -0.140. The van der Waals surface area contributed by atoms with Gasteiger partial charge in [-0.15, -0.1) is 0 Å². The number of Topliss-reactive ketones (excluding diaryl/α,β-unsaturated/α-hetero) is 1. The van der Waals surface area contributed by atoms with E-state index >= 15 is 0 Å². The monoisotopic (exact) mass is 470 g/mol. The van der Waals surface area contributed by atoms with Gasteiger partial charge in [0.2, 0.25) is 0 Å². The van der Waals surface area contributed by atoms with Gasteiger partial charge < -0.3 is 19.3 Å². The van der Waals surface area contributed by atoms with E-state index in [0.29, 0.717) is 22.4 Å². The second kappa shape index (κ2) is 8.76. The number of hydrogen-bond donors (Lipinski definition) is 1. The fraction of sp³-hybridized carbons (Fsp3) is 0.143. The van der Waals surface area contributed by atoms with E-state index in [0.717, 1.165) is 10.9 Å². The van der Waals surface area contributed by atoms with Crippen LogP contribution in [-0.4, -0.2) is 33.4 Å². The number of aryl methyl sites for hydroxylation is 1. The maximum Gasteiger partial charge on any atom is 0.295 e. The average molecular weight is 471 g/mol. The second-order valence-corrected chi connectivity index (χ2v) is 8.47. The zero-order valence-corrected chi connectivity index (χ0v) is 19.2. The SMILES string of the molecule is COc1ccccc1/C(O)=C1\C(=O)C(=O)N(Cc2ccc(F)cc2)C1c1cn(C)c2ccccc12. The van der Waals surface area contributed by atoms with Crippen LogP contribution in [0.25, 0.3) is 16.7 Å². The minimum Gasteiger partial charge on any atom is -0.507 e. The number of aliphatic hydroxyl groups is 1. The number of ether oxygens (including phenoxy) is 1. The molecule has 0 bridgehead atoms. The molecule has 1 saturated heterocycles. The number of halogens is 1. The quantitative estimate of drug-likeness (QED) is 0.255. The fourth-order valence-electron chi connectivity index (χ4n) is 4.73. The maximum atomic E-state index is 13.5. The van der Waals surface area contributed by atoms with E-state index in [2.05, 4.69) is 0 Å². The summed E-state index contributed by atoms with van der Waals surface area (Å²) in [5.74, 6) is -1.83. The van der Waals surface area contributed by atoms with Crippen LogP contribution in [-0.2, 0) is 23.2 Å². The molecule has 2 heterocycles. The van der Waals surface area contributed by atoms with Gasteiger partial charge in [-0.1, -0.05) is 42.5 Å². The molecule has 0 spiro atoms. The Morgan fingerprint density at radius 1 is 1.00 bits per heavy atom. The lowest BCUT2D eigenvalue weighted by Crippen LogP contribution is -2.29. The predicted molar refractivity (Wildman–Crippen MR) is 130 cm³/mol. The van der Waals surface area contributed by atoms with Crippen LogP contribution in [0.1, 0.15) is 22.7 Å². The number of nitrogens with zero attached hydrogens (tertiary/aromatic N) is 2. The van der Waals surface area contributed by atoms with Crippen LogP contribution in [0.15, 0.2) is 84.6 Å². The number of carbonyl (C=O) groups excluding carboxylic acids is 2. The van der Waals surface area contributed by atoms with Crippen molar-refractivity contribution in [3.63, 3.8) is 0 Å². The number of methoxy groups -OCH3 is 1. The number of benzene rings is 3. The number of aromatic nitrogens is 1. The van der Waals surface area contributed by atoms with Crippen molar-refractivity contribution in [2.24, 2.45) is 7.05 Å². The number of rotatable bonds is 5. The second-order valence-electron chi connectivity index (χ2n) is 8.47. The van der Waals surface area contributed by atoms with Gasteiger partial charge >= 0.3 is 0 Å². The molecule has 1 aliphatic heterocycles. The number of hydrogen-bond acceptors (Lipinski definition) is 4. The van der Waals surface area contributed by atoms with Gasteiger partial charge in [-0.3, -0.25) is 9.59 Å². The molecule has 1 N–H and O–H groups in total. The molecule has 0 aliphatic carbocycles. The molecule has 1 amide bonds. The number of carbonyl (C=O) groups is 2. The highest BCUT2D eigenvalue weighted by atomic mass is 19.1. The van der Waals surface area contributed by atoms with Gasteiger partial charge in [-0.25, -0.2) is 4.39 Å². The van der Waals surface area contributed by atoms with Crippen molar-refractivity contribution < 1.29 is 23.8 Å². The lowest BCUT2D eigenvalue weighted by atomic mass is 9.94. The highest BCUT2D eigenvalue weighted by Crippen LogP contribution is 2.44. The molecule has 0 saturated carbocycles. The zero-order chi connectivity index (χ0) is 24.7. The Hall–Kier alpha value is -4.39. The third kappa shape index (κ3) is 3.75. The van der Waals surface area contributed by atoms with Gasteiger partial charge in [-0.2, -0.15) is 0 Å². The van der Waals surface area contributed by atoms with Gasteiger partial charge in [0, 0.05) is 36.3 Å². The third-order valence-electron chi connectivity index (χ3n) is 6.39. The third-order valence-corrected chi connectivity index (χ3v) is 6.39. The summed E-state index contributed by atoms with van der Waals surface area (Å²) in [7, 11) is 3.36. The Balaban J connectivity index is 1.74. The minimum atomic E-state index is -0.851. The molecule has 7 heteroatoms. The van der Waals surface area contributed by atoms with Crippen molar-refractivity contribution in [2.45, 2.75) is 12.6 Å². The number of likely N-dealkylation sites (tertiary alicyclic amines) is 1. The first-order valence-corrected chi connectivity index (χ1v) is 11.1. The van der Waals surface area contributed by atoms with E-state index in [1.54, 1.807) is 36.4 Å². The highest BCUT2D eigenvalue weighted by molar-refractivity contribution is 6.46. The predicted octanol–water partition coefficient (Wildman–Crippen LogP) is 4.95. The molecule has 176 valence electrons. The molecule has 6 nitrogen and oxygen atoms in total. The van der Waals surface area contributed by atoms with Crippen LogP contribution in [0.5, 0.6) is 5.75 Å². The Bertz CT molecular complexity index is 1490. The number of fused-ring (bicyclic) bond motifs is 1. The van der Waals surface area contributed by atoms with Gasteiger partial charge in [-0.05, 0) is 35.9 Å². The van der Waals surface area contributed by atoms with Gasteiger partial charge in [0.25, 0.3) is 11.7 Å². The molecule has 4 aromatic rings. The maximum absolute atomic E-state index is 13.5. The van der Waals surface area contributed by atoms with E-state index < -0.39 is 23.5 Å². The summed E-state index contributed by atoms with van der Waals surface area (Å²) in [5, 5.41) is 12.3. The Labute approximate surface area is 201 Å². The number of para-hydroxylation sites is 2. The molecule has 0 radical (unpaired) electrons. The summed E-state index contributed by atoms with van der Waals surface area (Å²) >= 11 is 0. The Morgan fingerprint density at radius 2 is 1.69 bits per heavy atom. The number of aliphatic hydroxyl groups excluding tert-OH is 1. The molecule has 35 heavy (non-hydrogen) atoms. The molecule has 1 fully saturated rings. The first kappa shape index (κ1) is 22.4. The summed E-state index contributed by atoms with van der Waals surface area (Å²) in [6.07, 6.45) is 1.87. The van der Waals surface area contributed by atoms with Gasteiger partial charge in [0.05, 0.1) is 24.3 Å². The van der Waals surface area contributed by atoms with Gasteiger partial charge in [0.1, 0.15) is 17.3 Å². The Kier molecular flexibility index (Phi) is 5.61. The van der Waals surface area contributed by atoms with E-state index in [1.807, 2.05) is 42.1 Å². The van der Waals surface area contributed by atoms with Crippen LogP contribution in [0.4, 0.5) is 4.39 Å². The molecular formula is C28H23FN2O4. The van der Waals surface area contributed by atoms with Gasteiger partial charge in [0.15, 0.2) is 0 Å². The molecule has 5 rings (SSSR count). The van der Waals surface area contributed by atoms with Crippen molar-refractivity contribution in [1.82, 2.24) is 9.47 Å². The topological polar surface area (TPSA) is 71.8 Å². The first-order chi connectivity index (χ1) is 16.9. The molecule has 1 aliphatic rings. The average Bonchev–Trinajstić information content (AvgIpc) is 3.33. The van der Waals surface area contributed by atoms with Crippen molar-refractivity contribution in [3.8, 4) is 5.75 Å². The largest absolute Gasteiger partial charge is 0.507 e. The lowest BCUT2D eigenvalue weighted by Gasteiger charge is -2.25. The molecule has 3 aromatic carbocycles. The van der Waals surface area contributed by atoms with Crippen LogP contribution in [0.2, 0.25) is 0 Å². The summed E-state index contributed by atoms with van der Waals surface area (Å²) in [5.41, 5.74) is 2.60. The molecule has 1 aromatic heterocycles. The normalized spacial score (nSPS) is 17.3. The van der Waals surface area contributed by atoms with E-state index in [-0.39, 0.29) is 17.9 Å². The molecule has 1 unspecified atom stereocenters. The summed E-state index contributed by atoms with van der Waals surface area (Å²) in [6, 6.07) is 19.4. The van der Waals surface area contributed by atoms with Crippen molar-refractivity contribution in [3.05, 3.63) is 107 Å². The van der Waals surface area contributed by atoms with Crippen LogP contribution in [0, 0.1) is 5.82 Å². The van der Waals surface area contributed by atoms with E-state index in [9.17, 15) is 19.1 Å². The van der Waals surface area contributed by atoms with Crippen LogP contribution >= 0.6 is 0 Å². The van der Waals surface area contributed by atoms with Crippen LogP contribution in [0.3, 0.4) is 0 Å². The molecular weight excluding hydrogens is 447 g/mol. The first-order valence-electron chi connectivity index (χ1n) is 11.1. The Morgan fingerprint density at radius 3 is 2.43 bits per heavy atom. The summed E-state index contributed by atoms with van der Waals surface area (Å²) < 4.78 is 20.8. The smallest absolute Gasteiger partial charge is 0.295 e. The summed E-state index contributed by atoms with van der Waals surface area (Å²) in [4.78, 5) is 28.1. The van der Waals surface area contributed by atoms with Crippen molar-refractivity contribution >= 4 is 28.4 Å². The molecule has 1 atom stereocenters. The number of ketones is 1. The highest BCUT2D eigenvalue weighted by Gasteiger charge is 2.47. The summed E-state index contributed by atoms with van der Waals surface area (Å²) in [6.45, 7) is 0.0709. The van der Waals surface area contributed by atoms with Crippen molar-refractivity contribution in [1.29, 1.82) is 0 Å². The zero-order valence-electron chi connectivity index (χ0n) is 19.2. The van der Waals surface area contributed by atoms with E-state index in [1.165, 1.54) is 24.1 Å². The van der Waals surface area contributed by atoms with Crippen molar-refractivity contribution in [2.75, 3.05) is 7.11 Å². The fourth-order valence-corrected chi connectivity index (χ4v) is 4.73. The number of amides is 1. The standard InChI is InChI=1S/C28H23FN2O4/c1-30-16-21(19-7-3-5-9-22(19)30)25-24(26(32)20-8-4-6-10-23(20)35-2)27(33)28(34)31(25)15-17-11-13-18(29)14-12-17/h3-14,16,25,32H,15H2,1-2H3/b26-24+.